The molecule has 0 aliphatic carbocycles. The van der Waals surface area contributed by atoms with Crippen LogP contribution in [0.1, 0.15) is 30.1 Å². The van der Waals surface area contributed by atoms with Crippen LogP contribution in [0, 0.1) is 23.4 Å². The SMILES string of the molecule is CC(Cl)C1CCN(C(=O)c2c(F)cc(F)cc2F)CC1. The van der Waals surface area contributed by atoms with Crippen molar-refractivity contribution in [1.29, 1.82) is 0 Å². The highest BCUT2D eigenvalue weighted by atomic mass is 35.5. The molecule has 110 valence electrons. The molecule has 1 unspecified atom stereocenters. The molecule has 0 radical (unpaired) electrons. The maximum atomic E-state index is 13.6. The van der Waals surface area contributed by atoms with Crippen molar-refractivity contribution >= 4 is 17.5 Å². The van der Waals surface area contributed by atoms with E-state index in [0.29, 0.717) is 44.0 Å². The summed E-state index contributed by atoms with van der Waals surface area (Å²) in [7, 11) is 0. The number of carbonyl (C=O) groups is 1. The van der Waals surface area contributed by atoms with E-state index in [0.717, 1.165) is 0 Å². The Balaban J connectivity index is 2.14. The second-order valence-corrected chi connectivity index (χ2v) is 5.74. The molecule has 0 saturated carbocycles. The van der Waals surface area contributed by atoms with Crippen molar-refractivity contribution in [3.05, 3.63) is 35.1 Å². The van der Waals surface area contributed by atoms with E-state index in [1.54, 1.807) is 0 Å². The van der Waals surface area contributed by atoms with Crippen molar-refractivity contribution in [2.75, 3.05) is 13.1 Å². The van der Waals surface area contributed by atoms with Crippen LogP contribution in [0.5, 0.6) is 0 Å². The Bertz CT molecular complexity index is 490. The highest BCUT2D eigenvalue weighted by molar-refractivity contribution is 6.20. The van der Waals surface area contributed by atoms with E-state index >= 15 is 0 Å². The lowest BCUT2D eigenvalue weighted by atomic mass is 9.93. The summed E-state index contributed by atoms with van der Waals surface area (Å²) in [6.45, 7) is 2.69. The Kier molecular flexibility index (Phi) is 4.58. The molecule has 1 heterocycles. The molecule has 1 atom stereocenters. The minimum Gasteiger partial charge on any atom is -0.338 e. The number of alkyl halides is 1. The van der Waals surface area contributed by atoms with Gasteiger partial charge in [0.1, 0.15) is 23.0 Å². The van der Waals surface area contributed by atoms with Gasteiger partial charge < -0.3 is 4.90 Å². The zero-order chi connectivity index (χ0) is 14.9. The van der Waals surface area contributed by atoms with Crippen molar-refractivity contribution in [2.45, 2.75) is 25.1 Å². The molecule has 1 fully saturated rings. The first-order chi connectivity index (χ1) is 9.40. The average molecular weight is 306 g/mol. The normalized spacial score (nSPS) is 18.1. The van der Waals surface area contributed by atoms with E-state index in [-0.39, 0.29) is 5.38 Å². The highest BCUT2D eigenvalue weighted by Crippen LogP contribution is 2.26. The molecule has 0 N–H and O–H groups in total. The van der Waals surface area contributed by atoms with Gasteiger partial charge in [-0.15, -0.1) is 11.6 Å². The Hall–Kier alpha value is -1.23. The molecule has 6 heteroatoms. The number of nitrogens with zero attached hydrogens (tertiary/aromatic N) is 1. The fourth-order valence-electron chi connectivity index (χ4n) is 2.47. The van der Waals surface area contributed by atoms with Crippen molar-refractivity contribution < 1.29 is 18.0 Å². The molecule has 1 saturated heterocycles. The summed E-state index contributed by atoms with van der Waals surface area (Å²) in [6, 6.07) is 1.04. The predicted molar refractivity (Wildman–Crippen MR) is 70.3 cm³/mol. The number of hydrogen-bond donors (Lipinski definition) is 0. The van der Waals surface area contributed by atoms with Crippen molar-refractivity contribution in [3.63, 3.8) is 0 Å². The number of rotatable bonds is 2. The first-order valence-electron chi connectivity index (χ1n) is 6.48. The van der Waals surface area contributed by atoms with Gasteiger partial charge in [0.2, 0.25) is 0 Å². The van der Waals surface area contributed by atoms with E-state index in [4.69, 9.17) is 11.6 Å². The maximum Gasteiger partial charge on any atom is 0.259 e. The second-order valence-electron chi connectivity index (χ2n) is 5.05. The minimum atomic E-state index is -1.17. The van der Waals surface area contributed by atoms with Gasteiger partial charge in [-0.1, -0.05) is 0 Å². The molecule has 2 rings (SSSR count). The van der Waals surface area contributed by atoms with Crippen LogP contribution in [0.2, 0.25) is 0 Å². The lowest BCUT2D eigenvalue weighted by Crippen LogP contribution is -2.40. The van der Waals surface area contributed by atoms with E-state index in [9.17, 15) is 18.0 Å². The Morgan fingerprint density at radius 3 is 2.20 bits per heavy atom. The van der Waals surface area contributed by atoms with Crippen LogP contribution in [0.15, 0.2) is 12.1 Å². The number of halogens is 4. The number of likely N-dealkylation sites (tertiary alicyclic amines) is 1. The largest absolute Gasteiger partial charge is 0.338 e. The van der Waals surface area contributed by atoms with E-state index in [1.807, 2.05) is 6.92 Å². The summed E-state index contributed by atoms with van der Waals surface area (Å²) >= 11 is 6.00. The first-order valence-corrected chi connectivity index (χ1v) is 6.91. The molecule has 20 heavy (non-hydrogen) atoms. The number of benzene rings is 1. The lowest BCUT2D eigenvalue weighted by Gasteiger charge is -2.33. The van der Waals surface area contributed by atoms with Gasteiger partial charge in [-0.3, -0.25) is 4.79 Å². The topological polar surface area (TPSA) is 20.3 Å². The van der Waals surface area contributed by atoms with E-state index in [2.05, 4.69) is 0 Å². The molecule has 1 aromatic carbocycles. The van der Waals surface area contributed by atoms with Gasteiger partial charge in [-0.2, -0.15) is 0 Å². The minimum absolute atomic E-state index is 0.00606. The van der Waals surface area contributed by atoms with Crippen LogP contribution >= 0.6 is 11.6 Å². The van der Waals surface area contributed by atoms with Gasteiger partial charge in [-0.05, 0) is 25.7 Å². The monoisotopic (exact) mass is 305 g/mol. The van der Waals surface area contributed by atoms with Crippen molar-refractivity contribution in [3.8, 4) is 0 Å². The third-order valence-corrected chi connectivity index (χ3v) is 4.05. The summed E-state index contributed by atoms with van der Waals surface area (Å²) in [6.07, 6.45) is 1.39. The summed E-state index contributed by atoms with van der Waals surface area (Å²) in [5, 5.41) is 0.00606. The summed E-state index contributed by atoms with van der Waals surface area (Å²) in [5.74, 6) is -3.81. The van der Waals surface area contributed by atoms with Gasteiger partial charge in [0.05, 0.1) is 0 Å². The number of amides is 1. The zero-order valence-electron chi connectivity index (χ0n) is 11.0. The van der Waals surface area contributed by atoms with Crippen LogP contribution in [0.4, 0.5) is 13.2 Å². The predicted octanol–water partition coefficient (Wildman–Crippen LogP) is 3.58. The standard InChI is InChI=1S/C14H15ClF3NO/c1-8(15)9-2-4-19(5-3-9)14(20)13-11(17)6-10(16)7-12(13)18/h6-9H,2-5H2,1H3. The number of carbonyl (C=O) groups excluding carboxylic acids is 1. The Labute approximate surface area is 120 Å². The summed E-state index contributed by atoms with van der Waals surface area (Å²) in [4.78, 5) is 13.5. The molecule has 0 spiro atoms. The fraction of sp³-hybridized carbons (Fsp3) is 0.500. The van der Waals surface area contributed by atoms with Crippen LogP contribution in [-0.4, -0.2) is 29.3 Å². The quantitative estimate of drug-likeness (QED) is 0.765. The third-order valence-electron chi connectivity index (χ3n) is 3.70. The van der Waals surface area contributed by atoms with E-state index < -0.39 is 28.9 Å². The van der Waals surface area contributed by atoms with E-state index in [1.165, 1.54) is 4.90 Å². The van der Waals surface area contributed by atoms with Gasteiger partial charge in [-0.25, -0.2) is 13.2 Å². The van der Waals surface area contributed by atoms with Crippen molar-refractivity contribution in [1.82, 2.24) is 4.90 Å². The molecule has 2 nitrogen and oxygen atoms in total. The molecular weight excluding hydrogens is 291 g/mol. The molecular formula is C14H15ClF3NO. The fourth-order valence-corrected chi connectivity index (χ4v) is 2.72. The molecule has 0 aromatic heterocycles. The molecule has 0 bridgehead atoms. The number of hydrogen-bond acceptors (Lipinski definition) is 1. The molecule has 1 amide bonds. The average Bonchev–Trinajstić information content (AvgIpc) is 2.37. The lowest BCUT2D eigenvalue weighted by molar-refractivity contribution is 0.0680. The Morgan fingerprint density at radius 1 is 1.25 bits per heavy atom. The summed E-state index contributed by atoms with van der Waals surface area (Å²) < 4.78 is 40.0. The second kappa shape index (κ2) is 6.04. The molecule has 1 aromatic rings. The van der Waals surface area contributed by atoms with Gasteiger partial charge in [0.15, 0.2) is 0 Å². The maximum absolute atomic E-state index is 13.6. The number of piperidine rings is 1. The highest BCUT2D eigenvalue weighted by Gasteiger charge is 2.29. The molecule has 1 aliphatic heterocycles. The van der Waals surface area contributed by atoms with Gasteiger partial charge in [0.25, 0.3) is 5.91 Å². The van der Waals surface area contributed by atoms with Crippen LogP contribution in [0.3, 0.4) is 0 Å². The van der Waals surface area contributed by atoms with Crippen molar-refractivity contribution in [2.24, 2.45) is 5.92 Å². The Morgan fingerprint density at radius 2 is 1.75 bits per heavy atom. The van der Waals surface area contributed by atoms with Crippen LogP contribution in [0.25, 0.3) is 0 Å². The summed E-state index contributed by atoms with van der Waals surface area (Å²) in [5.41, 5.74) is -0.691. The third kappa shape index (κ3) is 3.08. The smallest absolute Gasteiger partial charge is 0.259 e. The van der Waals surface area contributed by atoms with Crippen LogP contribution in [-0.2, 0) is 0 Å². The zero-order valence-corrected chi connectivity index (χ0v) is 11.8. The van der Waals surface area contributed by atoms with Gasteiger partial charge in [0, 0.05) is 30.6 Å². The first kappa shape index (κ1) is 15.2. The van der Waals surface area contributed by atoms with Crippen LogP contribution < -0.4 is 0 Å². The molecule has 1 aliphatic rings. The van der Waals surface area contributed by atoms with Gasteiger partial charge >= 0.3 is 0 Å².